The summed E-state index contributed by atoms with van der Waals surface area (Å²) in [4.78, 5) is 11.9. The van der Waals surface area contributed by atoms with Crippen molar-refractivity contribution in [1.29, 1.82) is 0 Å². The van der Waals surface area contributed by atoms with Gasteiger partial charge in [0.25, 0.3) is 5.91 Å². The summed E-state index contributed by atoms with van der Waals surface area (Å²) >= 11 is 0. The molecule has 0 aliphatic heterocycles. The molecule has 0 aromatic heterocycles. The Labute approximate surface area is 137 Å². The largest absolute Gasteiger partial charge is 0.484 e. The van der Waals surface area contributed by atoms with Crippen LogP contribution in [0, 0.1) is 5.92 Å². The summed E-state index contributed by atoms with van der Waals surface area (Å²) in [6.07, 6.45) is 1.13. The Morgan fingerprint density at radius 3 is 2.30 bits per heavy atom. The SMILES string of the molecule is CC(C)CCNc1ccc(NC(=O)COc2ccccc2)cc1. The second-order valence-electron chi connectivity index (χ2n) is 5.84. The average molecular weight is 312 g/mol. The third-order valence-corrected chi connectivity index (χ3v) is 3.33. The van der Waals surface area contributed by atoms with Crippen molar-refractivity contribution in [2.75, 3.05) is 23.8 Å². The summed E-state index contributed by atoms with van der Waals surface area (Å²) < 4.78 is 5.41. The van der Waals surface area contributed by atoms with Crippen molar-refractivity contribution in [3.63, 3.8) is 0 Å². The van der Waals surface area contributed by atoms with Gasteiger partial charge in [-0.3, -0.25) is 4.79 Å². The van der Waals surface area contributed by atoms with Gasteiger partial charge in [-0.15, -0.1) is 0 Å². The van der Waals surface area contributed by atoms with Gasteiger partial charge < -0.3 is 15.4 Å². The zero-order valence-corrected chi connectivity index (χ0v) is 13.7. The molecule has 4 nitrogen and oxygen atoms in total. The van der Waals surface area contributed by atoms with Gasteiger partial charge in [0.05, 0.1) is 0 Å². The minimum Gasteiger partial charge on any atom is -0.484 e. The Morgan fingerprint density at radius 2 is 1.65 bits per heavy atom. The van der Waals surface area contributed by atoms with E-state index >= 15 is 0 Å². The number of hydrogen-bond donors (Lipinski definition) is 2. The van der Waals surface area contributed by atoms with E-state index in [0.717, 1.165) is 24.3 Å². The Bertz CT molecular complexity index is 595. The number of ether oxygens (including phenoxy) is 1. The fraction of sp³-hybridized carbons (Fsp3) is 0.316. The summed E-state index contributed by atoms with van der Waals surface area (Å²) in [6, 6.07) is 17.0. The normalized spacial score (nSPS) is 10.4. The Balaban J connectivity index is 1.75. The maximum atomic E-state index is 11.9. The second kappa shape index (κ2) is 8.83. The molecule has 2 rings (SSSR count). The van der Waals surface area contributed by atoms with Crippen LogP contribution in [0.25, 0.3) is 0 Å². The molecule has 0 saturated heterocycles. The van der Waals surface area contributed by atoms with Crippen LogP contribution in [-0.2, 0) is 4.79 Å². The van der Waals surface area contributed by atoms with Crippen LogP contribution in [0.5, 0.6) is 5.75 Å². The first-order valence-corrected chi connectivity index (χ1v) is 7.95. The van der Waals surface area contributed by atoms with E-state index in [-0.39, 0.29) is 12.5 Å². The van der Waals surface area contributed by atoms with Crippen molar-refractivity contribution in [1.82, 2.24) is 0 Å². The summed E-state index contributed by atoms with van der Waals surface area (Å²) in [5.74, 6) is 1.20. The highest BCUT2D eigenvalue weighted by Crippen LogP contribution is 2.14. The maximum absolute atomic E-state index is 11.9. The van der Waals surface area contributed by atoms with Crippen molar-refractivity contribution in [3.8, 4) is 5.75 Å². The fourth-order valence-corrected chi connectivity index (χ4v) is 2.04. The number of carbonyl (C=O) groups is 1. The van der Waals surface area contributed by atoms with Gasteiger partial charge in [0.2, 0.25) is 0 Å². The van der Waals surface area contributed by atoms with Crippen LogP contribution in [0.3, 0.4) is 0 Å². The molecule has 0 spiro atoms. The average Bonchev–Trinajstić information content (AvgIpc) is 2.55. The zero-order valence-electron chi connectivity index (χ0n) is 13.7. The van der Waals surface area contributed by atoms with Crippen molar-refractivity contribution >= 4 is 17.3 Å². The highest BCUT2D eigenvalue weighted by Gasteiger charge is 2.04. The molecule has 23 heavy (non-hydrogen) atoms. The quantitative estimate of drug-likeness (QED) is 0.769. The molecule has 0 atom stereocenters. The zero-order chi connectivity index (χ0) is 16.5. The highest BCUT2D eigenvalue weighted by molar-refractivity contribution is 5.92. The molecular formula is C19H24N2O2. The molecule has 0 saturated carbocycles. The van der Waals surface area contributed by atoms with Crippen LogP contribution in [0.15, 0.2) is 54.6 Å². The Hall–Kier alpha value is -2.49. The van der Waals surface area contributed by atoms with Gasteiger partial charge >= 0.3 is 0 Å². The summed E-state index contributed by atoms with van der Waals surface area (Å²) in [6.45, 7) is 5.36. The smallest absolute Gasteiger partial charge is 0.262 e. The molecule has 0 unspecified atom stereocenters. The third kappa shape index (κ3) is 6.43. The molecule has 0 aliphatic rings. The van der Waals surface area contributed by atoms with E-state index in [1.807, 2.05) is 54.6 Å². The molecule has 0 radical (unpaired) electrons. The molecule has 2 aromatic carbocycles. The monoisotopic (exact) mass is 312 g/mol. The van der Waals surface area contributed by atoms with E-state index in [9.17, 15) is 4.79 Å². The second-order valence-corrected chi connectivity index (χ2v) is 5.84. The number of para-hydroxylation sites is 1. The van der Waals surface area contributed by atoms with Crippen molar-refractivity contribution in [2.45, 2.75) is 20.3 Å². The number of anilines is 2. The van der Waals surface area contributed by atoms with Gasteiger partial charge in [-0.25, -0.2) is 0 Å². The van der Waals surface area contributed by atoms with Gasteiger partial charge in [0.1, 0.15) is 5.75 Å². The van der Waals surface area contributed by atoms with E-state index in [1.54, 1.807) is 0 Å². The lowest BCUT2D eigenvalue weighted by atomic mass is 10.1. The third-order valence-electron chi connectivity index (χ3n) is 3.33. The lowest BCUT2D eigenvalue weighted by Crippen LogP contribution is -2.20. The van der Waals surface area contributed by atoms with Crippen molar-refractivity contribution in [3.05, 3.63) is 54.6 Å². The highest BCUT2D eigenvalue weighted by atomic mass is 16.5. The minimum atomic E-state index is -0.172. The van der Waals surface area contributed by atoms with Crippen LogP contribution in [0.2, 0.25) is 0 Å². The van der Waals surface area contributed by atoms with E-state index in [4.69, 9.17) is 4.74 Å². The molecule has 2 N–H and O–H groups in total. The maximum Gasteiger partial charge on any atom is 0.262 e. The molecule has 0 aliphatic carbocycles. The van der Waals surface area contributed by atoms with Crippen LogP contribution >= 0.6 is 0 Å². The number of nitrogens with one attached hydrogen (secondary N) is 2. The lowest BCUT2D eigenvalue weighted by molar-refractivity contribution is -0.118. The molecule has 0 heterocycles. The Kier molecular flexibility index (Phi) is 6.48. The first kappa shape index (κ1) is 16.9. The van der Waals surface area contributed by atoms with Crippen molar-refractivity contribution in [2.24, 2.45) is 5.92 Å². The molecule has 0 fully saturated rings. The lowest BCUT2D eigenvalue weighted by Gasteiger charge is -2.10. The number of benzene rings is 2. The molecule has 2 aromatic rings. The van der Waals surface area contributed by atoms with E-state index in [2.05, 4.69) is 24.5 Å². The van der Waals surface area contributed by atoms with Crippen LogP contribution < -0.4 is 15.4 Å². The molecular weight excluding hydrogens is 288 g/mol. The summed E-state index contributed by atoms with van der Waals surface area (Å²) in [7, 11) is 0. The van der Waals surface area contributed by atoms with Crippen molar-refractivity contribution < 1.29 is 9.53 Å². The number of hydrogen-bond acceptors (Lipinski definition) is 3. The molecule has 4 heteroatoms. The van der Waals surface area contributed by atoms with Crippen LogP contribution in [0.1, 0.15) is 20.3 Å². The first-order chi connectivity index (χ1) is 11.1. The van der Waals surface area contributed by atoms with Gasteiger partial charge in [0.15, 0.2) is 6.61 Å². The van der Waals surface area contributed by atoms with E-state index in [1.165, 1.54) is 0 Å². The van der Waals surface area contributed by atoms with Gasteiger partial charge in [-0.1, -0.05) is 32.0 Å². The topological polar surface area (TPSA) is 50.4 Å². The molecule has 122 valence electrons. The predicted molar refractivity (Wildman–Crippen MR) is 95.0 cm³/mol. The van der Waals surface area contributed by atoms with E-state index < -0.39 is 0 Å². The van der Waals surface area contributed by atoms with Gasteiger partial charge in [-0.2, -0.15) is 0 Å². The van der Waals surface area contributed by atoms with Crippen LogP contribution in [-0.4, -0.2) is 19.1 Å². The van der Waals surface area contributed by atoms with Crippen LogP contribution in [0.4, 0.5) is 11.4 Å². The standard InChI is InChI=1S/C19H24N2O2/c1-15(2)12-13-20-16-8-10-17(11-9-16)21-19(22)14-23-18-6-4-3-5-7-18/h3-11,15,20H,12-14H2,1-2H3,(H,21,22). The summed E-state index contributed by atoms with van der Waals surface area (Å²) in [5.41, 5.74) is 1.82. The fourth-order valence-electron chi connectivity index (χ4n) is 2.04. The summed E-state index contributed by atoms with van der Waals surface area (Å²) in [5, 5.41) is 6.19. The molecule has 1 amide bonds. The number of amides is 1. The number of rotatable bonds is 8. The van der Waals surface area contributed by atoms with Gasteiger partial charge in [0, 0.05) is 17.9 Å². The van der Waals surface area contributed by atoms with Gasteiger partial charge in [-0.05, 0) is 48.7 Å². The Morgan fingerprint density at radius 1 is 1.00 bits per heavy atom. The number of carbonyl (C=O) groups excluding carboxylic acids is 1. The van der Waals surface area contributed by atoms with E-state index in [0.29, 0.717) is 11.7 Å². The minimum absolute atomic E-state index is 0.00158. The molecule has 0 bridgehead atoms. The first-order valence-electron chi connectivity index (χ1n) is 7.95. The predicted octanol–water partition coefficient (Wildman–Crippen LogP) is 4.16.